The number of aliphatic carboxylic acids is 1. The van der Waals surface area contributed by atoms with Gasteiger partial charge >= 0.3 is 5.97 Å². The minimum absolute atomic E-state index is 0.168. The van der Waals surface area contributed by atoms with Crippen LogP contribution in [0.15, 0.2) is 6.20 Å². The van der Waals surface area contributed by atoms with Gasteiger partial charge in [-0.2, -0.15) is 0 Å². The lowest BCUT2D eigenvalue weighted by Crippen LogP contribution is -2.19. The molecule has 0 radical (unpaired) electrons. The highest BCUT2D eigenvalue weighted by Gasteiger charge is 2.11. The van der Waals surface area contributed by atoms with Crippen molar-refractivity contribution in [1.29, 1.82) is 0 Å². The molecule has 1 aromatic heterocycles. The van der Waals surface area contributed by atoms with Gasteiger partial charge in [-0.1, -0.05) is 5.21 Å². The average Bonchev–Trinajstić information content (AvgIpc) is 2.47. The normalized spacial score (nSPS) is 12.8. The van der Waals surface area contributed by atoms with Crippen LogP contribution in [0.2, 0.25) is 0 Å². The maximum atomic E-state index is 10.4. The van der Waals surface area contributed by atoms with Crippen molar-refractivity contribution in [3.05, 3.63) is 11.9 Å². The summed E-state index contributed by atoms with van der Waals surface area (Å²) in [6.07, 6.45) is 0.858. The summed E-state index contributed by atoms with van der Waals surface area (Å²) in [4.78, 5) is 10.4. The molecule has 0 aliphatic carbocycles. The molecule has 0 spiro atoms. The second-order valence-corrected chi connectivity index (χ2v) is 2.68. The van der Waals surface area contributed by atoms with Crippen LogP contribution >= 0.6 is 0 Å². The van der Waals surface area contributed by atoms with Crippen LogP contribution in [0.3, 0.4) is 0 Å². The summed E-state index contributed by atoms with van der Waals surface area (Å²) >= 11 is 0. The highest BCUT2D eigenvalue weighted by Crippen LogP contribution is 1.98. The minimum atomic E-state index is -0.983. The summed E-state index contributed by atoms with van der Waals surface area (Å²) in [5, 5.41) is 15.9. The first-order valence-corrected chi connectivity index (χ1v) is 3.79. The molecule has 1 aromatic rings. The Kier molecular flexibility index (Phi) is 2.97. The molecule has 0 saturated heterocycles. The topological polar surface area (TPSA) is 77.2 Å². The molecule has 0 bridgehead atoms. The molecule has 0 amide bonds. The molecular formula is C7H11N3O3. The first kappa shape index (κ1) is 9.66. The van der Waals surface area contributed by atoms with Gasteiger partial charge in [-0.05, 0) is 6.92 Å². The van der Waals surface area contributed by atoms with Crippen LogP contribution in [-0.4, -0.2) is 32.2 Å². The first-order chi connectivity index (χ1) is 6.09. The summed E-state index contributed by atoms with van der Waals surface area (Å²) in [6, 6.07) is 0. The molecule has 0 aliphatic heterocycles. The summed E-state index contributed by atoms with van der Waals surface area (Å²) in [6.45, 7) is 1.64. The number of carbonyl (C=O) groups is 1. The molecule has 1 unspecified atom stereocenters. The average molecular weight is 185 g/mol. The van der Waals surface area contributed by atoms with Gasteiger partial charge in [0.25, 0.3) is 0 Å². The van der Waals surface area contributed by atoms with Crippen molar-refractivity contribution >= 4 is 5.97 Å². The third kappa shape index (κ3) is 2.83. The van der Waals surface area contributed by atoms with Gasteiger partial charge in [0.1, 0.15) is 5.69 Å². The SMILES string of the molecule is CC(OCc1cn(C)nn1)C(=O)O. The van der Waals surface area contributed by atoms with Gasteiger partial charge in [0.2, 0.25) is 0 Å². The van der Waals surface area contributed by atoms with Gasteiger partial charge in [0, 0.05) is 7.05 Å². The third-order valence-electron chi connectivity index (χ3n) is 1.48. The molecule has 1 atom stereocenters. The molecule has 72 valence electrons. The molecule has 1 heterocycles. The lowest BCUT2D eigenvalue weighted by molar-refractivity contribution is -0.149. The number of rotatable bonds is 4. The van der Waals surface area contributed by atoms with Crippen molar-refractivity contribution in [1.82, 2.24) is 15.0 Å². The van der Waals surface area contributed by atoms with Crippen LogP contribution in [0.1, 0.15) is 12.6 Å². The fourth-order valence-electron chi connectivity index (χ4n) is 0.743. The fourth-order valence-corrected chi connectivity index (χ4v) is 0.743. The van der Waals surface area contributed by atoms with Crippen LogP contribution < -0.4 is 0 Å². The minimum Gasteiger partial charge on any atom is -0.479 e. The summed E-state index contributed by atoms with van der Waals surface area (Å²) in [5.74, 6) is -0.983. The van der Waals surface area contributed by atoms with Gasteiger partial charge in [-0.25, -0.2) is 4.79 Å². The zero-order valence-electron chi connectivity index (χ0n) is 7.47. The number of aryl methyl sites for hydroxylation is 1. The van der Waals surface area contributed by atoms with Crippen molar-refractivity contribution in [3.8, 4) is 0 Å². The Labute approximate surface area is 75.1 Å². The van der Waals surface area contributed by atoms with E-state index in [2.05, 4.69) is 10.3 Å². The number of hydrogen-bond donors (Lipinski definition) is 1. The maximum Gasteiger partial charge on any atom is 0.332 e. The van der Waals surface area contributed by atoms with Gasteiger partial charge in [0.05, 0.1) is 12.8 Å². The van der Waals surface area contributed by atoms with Crippen LogP contribution in [-0.2, 0) is 23.2 Å². The second kappa shape index (κ2) is 3.99. The van der Waals surface area contributed by atoms with Crippen molar-refractivity contribution < 1.29 is 14.6 Å². The molecule has 0 saturated carbocycles. The van der Waals surface area contributed by atoms with Crippen LogP contribution in [0.25, 0.3) is 0 Å². The van der Waals surface area contributed by atoms with Crippen molar-refractivity contribution in [2.24, 2.45) is 7.05 Å². The Bertz CT molecular complexity index is 297. The van der Waals surface area contributed by atoms with Crippen LogP contribution in [0.4, 0.5) is 0 Å². The number of hydrogen-bond acceptors (Lipinski definition) is 4. The largest absolute Gasteiger partial charge is 0.479 e. The first-order valence-electron chi connectivity index (χ1n) is 3.79. The highest BCUT2D eigenvalue weighted by molar-refractivity contribution is 5.71. The van der Waals surface area contributed by atoms with E-state index in [1.54, 1.807) is 13.2 Å². The van der Waals surface area contributed by atoms with E-state index >= 15 is 0 Å². The molecular weight excluding hydrogens is 174 g/mol. The summed E-state index contributed by atoms with van der Waals surface area (Å²) in [5.41, 5.74) is 0.621. The molecule has 0 fully saturated rings. The molecule has 6 heteroatoms. The monoisotopic (exact) mass is 185 g/mol. The number of carboxylic acids is 1. The zero-order valence-corrected chi connectivity index (χ0v) is 7.47. The van der Waals surface area contributed by atoms with Crippen molar-refractivity contribution in [3.63, 3.8) is 0 Å². The van der Waals surface area contributed by atoms with Crippen molar-refractivity contribution in [2.45, 2.75) is 19.6 Å². The van der Waals surface area contributed by atoms with E-state index < -0.39 is 12.1 Å². The molecule has 0 aromatic carbocycles. The smallest absolute Gasteiger partial charge is 0.332 e. The molecule has 1 N–H and O–H groups in total. The van der Waals surface area contributed by atoms with Crippen molar-refractivity contribution in [2.75, 3.05) is 0 Å². The van der Waals surface area contributed by atoms with Gasteiger partial charge in [-0.15, -0.1) is 5.10 Å². The molecule has 0 aliphatic rings. The van der Waals surface area contributed by atoms with E-state index in [9.17, 15) is 4.79 Å². The Hall–Kier alpha value is -1.43. The molecule has 13 heavy (non-hydrogen) atoms. The number of aromatic nitrogens is 3. The summed E-state index contributed by atoms with van der Waals surface area (Å²) < 4.78 is 6.52. The predicted octanol–water partition coefficient (Wildman–Crippen LogP) is -0.195. The third-order valence-corrected chi connectivity index (χ3v) is 1.48. The van der Waals surface area contributed by atoms with E-state index in [-0.39, 0.29) is 6.61 Å². The van der Waals surface area contributed by atoms with Gasteiger partial charge < -0.3 is 9.84 Å². The lowest BCUT2D eigenvalue weighted by atomic mass is 10.4. The second-order valence-electron chi connectivity index (χ2n) is 2.68. The molecule has 1 rings (SSSR count). The quantitative estimate of drug-likeness (QED) is 0.703. The Morgan fingerprint density at radius 1 is 1.85 bits per heavy atom. The number of ether oxygens (including phenoxy) is 1. The van der Waals surface area contributed by atoms with E-state index in [0.29, 0.717) is 5.69 Å². The van der Waals surface area contributed by atoms with E-state index in [1.165, 1.54) is 11.6 Å². The number of nitrogens with zero attached hydrogens (tertiary/aromatic N) is 3. The van der Waals surface area contributed by atoms with Crippen LogP contribution in [0.5, 0.6) is 0 Å². The van der Waals surface area contributed by atoms with E-state index in [0.717, 1.165) is 0 Å². The highest BCUT2D eigenvalue weighted by atomic mass is 16.5. The van der Waals surface area contributed by atoms with Gasteiger partial charge in [-0.3, -0.25) is 4.68 Å². The Balaban J connectivity index is 2.39. The lowest BCUT2D eigenvalue weighted by Gasteiger charge is -2.05. The van der Waals surface area contributed by atoms with Crippen LogP contribution in [0, 0.1) is 0 Å². The zero-order chi connectivity index (χ0) is 9.84. The van der Waals surface area contributed by atoms with E-state index in [4.69, 9.17) is 9.84 Å². The van der Waals surface area contributed by atoms with Gasteiger partial charge in [0.15, 0.2) is 6.10 Å². The summed E-state index contributed by atoms with van der Waals surface area (Å²) in [7, 11) is 1.73. The standard InChI is InChI=1S/C7H11N3O3/c1-5(7(11)12)13-4-6-3-10(2)9-8-6/h3,5H,4H2,1-2H3,(H,11,12). The Morgan fingerprint density at radius 3 is 3.00 bits per heavy atom. The maximum absolute atomic E-state index is 10.4. The fraction of sp³-hybridized carbons (Fsp3) is 0.571. The predicted molar refractivity (Wildman–Crippen MR) is 42.9 cm³/mol. The number of carboxylic acid groups (broad SMARTS) is 1. The Morgan fingerprint density at radius 2 is 2.54 bits per heavy atom. The molecule has 6 nitrogen and oxygen atoms in total. The van der Waals surface area contributed by atoms with E-state index in [1.807, 2.05) is 0 Å².